The molecule has 0 bridgehead atoms. The van der Waals surface area contributed by atoms with E-state index in [2.05, 4.69) is 11.4 Å². The van der Waals surface area contributed by atoms with Gasteiger partial charge >= 0.3 is 5.97 Å². The topological polar surface area (TPSA) is 102 Å². The second-order valence-corrected chi connectivity index (χ2v) is 7.16. The Bertz CT molecular complexity index is 1300. The number of benzene rings is 3. The molecule has 4 aromatic rings. The van der Waals surface area contributed by atoms with E-state index in [0.29, 0.717) is 29.0 Å². The third-order valence-electron chi connectivity index (χ3n) is 4.87. The maximum atomic E-state index is 12.7. The predicted octanol–water partition coefficient (Wildman–Crippen LogP) is 4.87. The van der Waals surface area contributed by atoms with Crippen LogP contribution in [0.3, 0.4) is 0 Å². The molecule has 0 saturated heterocycles. The van der Waals surface area contributed by atoms with Crippen molar-refractivity contribution < 1.29 is 23.5 Å². The average molecular weight is 440 g/mol. The minimum absolute atomic E-state index is 0.000729. The van der Waals surface area contributed by atoms with Gasteiger partial charge in [0.1, 0.15) is 17.9 Å². The van der Waals surface area contributed by atoms with Crippen LogP contribution in [0.4, 0.5) is 5.69 Å². The first-order valence-electron chi connectivity index (χ1n) is 10.2. The van der Waals surface area contributed by atoms with Gasteiger partial charge in [0.2, 0.25) is 5.76 Å². The Labute approximate surface area is 190 Å². The van der Waals surface area contributed by atoms with Crippen molar-refractivity contribution >= 4 is 28.5 Å². The SMILES string of the molecule is N#CCc1ccc(NC(=O)COC(=O)c2oc3ccccc3c2COc2ccccc2)cc1. The zero-order chi connectivity index (χ0) is 23.0. The number of para-hydroxylation sites is 2. The third-order valence-corrected chi connectivity index (χ3v) is 4.87. The Morgan fingerprint density at radius 1 is 0.939 bits per heavy atom. The second kappa shape index (κ2) is 10.2. The first-order chi connectivity index (χ1) is 16.1. The monoisotopic (exact) mass is 440 g/mol. The van der Waals surface area contributed by atoms with E-state index in [1.165, 1.54) is 0 Å². The number of rotatable bonds is 8. The van der Waals surface area contributed by atoms with Gasteiger partial charge in [-0.2, -0.15) is 5.26 Å². The van der Waals surface area contributed by atoms with Crippen LogP contribution in [0.25, 0.3) is 11.0 Å². The van der Waals surface area contributed by atoms with E-state index in [4.69, 9.17) is 19.2 Å². The average Bonchev–Trinajstić information content (AvgIpc) is 3.22. The minimum atomic E-state index is -0.752. The molecule has 7 heteroatoms. The molecule has 0 unspecified atom stereocenters. The lowest BCUT2D eigenvalue weighted by Gasteiger charge is -2.08. The van der Waals surface area contributed by atoms with Crippen molar-refractivity contribution in [3.8, 4) is 11.8 Å². The summed E-state index contributed by atoms with van der Waals surface area (Å²) < 4.78 is 16.7. The summed E-state index contributed by atoms with van der Waals surface area (Å²) in [4.78, 5) is 25.0. The summed E-state index contributed by atoms with van der Waals surface area (Å²) in [7, 11) is 0. The highest BCUT2D eigenvalue weighted by atomic mass is 16.5. The van der Waals surface area contributed by atoms with Gasteiger partial charge in [0.25, 0.3) is 5.91 Å². The summed E-state index contributed by atoms with van der Waals surface area (Å²) in [6.45, 7) is -0.374. The lowest BCUT2D eigenvalue weighted by atomic mass is 10.1. The molecule has 33 heavy (non-hydrogen) atoms. The Hall–Kier alpha value is -4.57. The Morgan fingerprint density at radius 3 is 2.42 bits per heavy atom. The molecule has 0 spiro atoms. The first kappa shape index (κ1) is 21.7. The summed E-state index contributed by atoms with van der Waals surface area (Å²) in [6.07, 6.45) is 0.291. The second-order valence-electron chi connectivity index (χ2n) is 7.16. The highest BCUT2D eigenvalue weighted by molar-refractivity contribution is 5.98. The normalized spacial score (nSPS) is 10.4. The number of ether oxygens (including phenoxy) is 2. The van der Waals surface area contributed by atoms with Crippen molar-refractivity contribution in [1.29, 1.82) is 5.26 Å². The lowest BCUT2D eigenvalue weighted by molar-refractivity contribution is -0.119. The molecule has 0 fully saturated rings. The number of hydrogen-bond acceptors (Lipinski definition) is 6. The summed E-state index contributed by atoms with van der Waals surface area (Å²) in [5.41, 5.74) is 2.46. The molecule has 0 saturated carbocycles. The summed E-state index contributed by atoms with van der Waals surface area (Å²) in [5, 5.41) is 12.1. The van der Waals surface area contributed by atoms with E-state index in [1.807, 2.05) is 42.5 Å². The van der Waals surface area contributed by atoms with Gasteiger partial charge in [0, 0.05) is 11.1 Å². The van der Waals surface area contributed by atoms with Crippen LogP contribution in [0, 0.1) is 11.3 Å². The van der Waals surface area contributed by atoms with Gasteiger partial charge in [-0.3, -0.25) is 4.79 Å². The highest BCUT2D eigenvalue weighted by Crippen LogP contribution is 2.28. The van der Waals surface area contributed by atoms with Crippen molar-refractivity contribution in [3.63, 3.8) is 0 Å². The Kier molecular flexibility index (Phi) is 6.67. The zero-order valence-corrected chi connectivity index (χ0v) is 17.6. The van der Waals surface area contributed by atoms with E-state index in [1.54, 1.807) is 36.4 Å². The van der Waals surface area contributed by atoms with Crippen molar-refractivity contribution in [1.82, 2.24) is 0 Å². The predicted molar refractivity (Wildman–Crippen MR) is 122 cm³/mol. The fourth-order valence-electron chi connectivity index (χ4n) is 3.27. The molecule has 1 heterocycles. The maximum Gasteiger partial charge on any atom is 0.375 e. The maximum absolute atomic E-state index is 12.7. The molecule has 3 aromatic carbocycles. The molecular formula is C26H20N2O5. The number of furan rings is 1. The number of anilines is 1. The number of nitriles is 1. The fourth-order valence-corrected chi connectivity index (χ4v) is 3.27. The van der Waals surface area contributed by atoms with Gasteiger partial charge in [-0.25, -0.2) is 4.79 Å². The quantitative estimate of drug-likeness (QED) is 0.392. The van der Waals surface area contributed by atoms with Crippen LogP contribution < -0.4 is 10.1 Å². The fraction of sp³-hybridized carbons (Fsp3) is 0.115. The van der Waals surface area contributed by atoms with E-state index < -0.39 is 18.5 Å². The third kappa shape index (κ3) is 5.38. The van der Waals surface area contributed by atoms with E-state index in [9.17, 15) is 9.59 Å². The molecular weight excluding hydrogens is 420 g/mol. The number of fused-ring (bicyclic) bond motifs is 1. The number of amides is 1. The largest absolute Gasteiger partial charge is 0.489 e. The van der Waals surface area contributed by atoms with E-state index >= 15 is 0 Å². The van der Waals surface area contributed by atoms with Crippen molar-refractivity contribution in [2.45, 2.75) is 13.0 Å². The van der Waals surface area contributed by atoms with Crippen molar-refractivity contribution in [3.05, 3.63) is 95.7 Å². The summed E-state index contributed by atoms with van der Waals surface area (Å²) >= 11 is 0. The van der Waals surface area contributed by atoms with Gasteiger partial charge in [-0.15, -0.1) is 0 Å². The van der Waals surface area contributed by atoms with Gasteiger partial charge in [0.05, 0.1) is 18.1 Å². The molecule has 164 valence electrons. The van der Waals surface area contributed by atoms with E-state index in [-0.39, 0.29) is 12.4 Å². The van der Waals surface area contributed by atoms with Gasteiger partial charge in [-0.05, 0) is 35.9 Å². The minimum Gasteiger partial charge on any atom is -0.489 e. The molecule has 0 atom stereocenters. The number of nitrogens with one attached hydrogen (secondary N) is 1. The van der Waals surface area contributed by atoms with Gasteiger partial charge in [-0.1, -0.05) is 48.5 Å². The summed E-state index contributed by atoms with van der Waals surface area (Å²) in [6, 6.07) is 25.4. The van der Waals surface area contributed by atoms with Crippen LogP contribution in [0.1, 0.15) is 21.7 Å². The van der Waals surface area contributed by atoms with Crippen LogP contribution in [0.2, 0.25) is 0 Å². The molecule has 7 nitrogen and oxygen atoms in total. The molecule has 0 aliphatic heterocycles. The number of hydrogen-bond donors (Lipinski definition) is 1. The molecule has 1 amide bonds. The van der Waals surface area contributed by atoms with E-state index in [0.717, 1.165) is 10.9 Å². The Morgan fingerprint density at radius 2 is 1.67 bits per heavy atom. The van der Waals surface area contributed by atoms with Crippen LogP contribution in [-0.4, -0.2) is 18.5 Å². The molecule has 0 aliphatic carbocycles. The van der Waals surface area contributed by atoms with Crippen molar-refractivity contribution in [2.24, 2.45) is 0 Å². The van der Waals surface area contributed by atoms with Crippen LogP contribution in [0.5, 0.6) is 5.75 Å². The van der Waals surface area contributed by atoms with Crippen molar-refractivity contribution in [2.75, 3.05) is 11.9 Å². The standard InChI is InChI=1S/C26H20N2O5/c27-15-14-18-10-12-19(13-11-18)28-24(29)17-32-26(30)25-22(16-31-20-6-2-1-3-7-20)21-8-4-5-9-23(21)33-25/h1-13H,14,16-17H2,(H,28,29). The van der Waals surface area contributed by atoms with Gasteiger partial charge in [0.15, 0.2) is 6.61 Å². The molecule has 0 aliphatic rings. The number of nitrogens with zero attached hydrogens (tertiary/aromatic N) is 1. The Balaban J connectivity index is 1.43. The molecule has 0 radical (unpaired) electrons. The smallest absolute Gasteiger partial charge is 0.375 e. The number of carbonyl (C=O) groups excluding carboxylic acids is 2. The molecule has 4 rings (SSSR count). The van der Waals surface area contributed by atoms with Gasteiger partial charge < -0.3 is 19.2 Å². The lowest BCUT2D eigenvalue weighted by Crippen LogP contribution is -2.21. The van der Waals surface area contributed by atoms with Crippen LogP contribution in [-0.2, 0) is 22.6 Å². The molecule has 1 aromatic heterocycles. The number of carbonyl (C=O) groups is 2. The molecule has 1 N–H and O–H groups in total. The van der Waals surface area contributed by atoms with Crippen LogP contribution >= 0.6 is 0 Å². The zero-order valence-electron chi connectivity index (χ0n) is 17.6. The number of esters is 1. The highest BCUT2D eigenvalue weighted by Gasteiger charge is 2.23. The first-order valence-corrected chi connectivity index (χ1v) is 10.2. The van der Waals surface area contributed by atoms with Crippen LogP contribution in [0.15, 0.2) is 83.3 Å². The summed E-state index contributed by atoms with van der Waals surface area (Å²) in [5.74, 6) is -0.588.